The van der Waals surface area contributed by atoms with Gasteiger partial charge in [0.05, 0.1) is 12.2 Å². The fraction of sp³-hybridized carbons (Fsp3) is 0.500. The molecule has 2 nitrogen and oxygen atoms in total. The van der Waals surface area contributed by atoms with E-state index in [2.05, 4.69) is 0 Å². The molecular formula is C14H20FNO. The highest BCUT2D eigenvalue weighted by atomic mass is 19.1. The molecule has 0 saturated carbocycles. The first-order valence-electron chi connectivity index (χ1n) is 6.12. The van der Waals surface area contributed by atoms with Crippen LogP contribution in [-0.4, -0.2) is 18.9 Å². The van der Waals surface area contributed by atoms with E-state index >= 15 is 0 Å². The fourth-order valence-electron chi connectivity index (χ4n) is 1.65. The van der Waals surface area contributed by atoms with Gasteiger partial charge in [0, 0.05) is 12.5 Å². The maximum atomic E-state index is 13.6. The second-order valence-electron chi connectivity index (χ2n) is 4.24. The smallest absolute Gasteiger partial charge is 0.154 e. The minimum absolute atomic E-state index is 0.0378. The zero-order valence-corrected chi connectivity index (χ0v) is 10.7. The number of halogens is 1. The van der Waals surface area contributed by atoms with Gasteiger partial charge >= 0.3 is 0 Å². The third kappa shape index (κ3) is 3.55. The van der Waals surface area contributed by atoms with Crippen molar-refractivity contribution in [2.45, 2.75) is 27.2 Å². The van der Waals surface area contributed by atoms with Gasteiger partial charge in [0.25, 0.3) is 0 Å². The van der Waals surface area contributed by atoms with E-state index in [1.54, 1.807) is 23.1 Å². The summed E-state index contributed by atoms with van der Waals surface area (Å²) < 4.78 is 13.6. The molecule has 0 radical (unpaired) electrons. The van der Waals surface area contributed by atoms with E-state index in [0.29, 0.717) is 12.2 Å². The molecule has 1 aromatic rings. The van der Waals surface area contributed by atoms with Crippen LogP contribution in [0, 0.1) is 11.7 Å². The maximum absolute atomic E-state index is 13.6. The Morgan fingerprint density at radius 1 is 1.35 bits per heavy atom. The van der Waals surface area contributed by atoms with Gasteiger partial charge in [0.1, 0.15) is 5.82 Å². The summed E-state index contributed by atoms with van der Waals surface area (Å²) in [5.74, 6) is -0.0697. The highest BCUT2D eigenvalue weighted by Gasteiger charge is 2.16. The summed E-state index contributed by atoms with van der Waals surface area (Å²) in [6.07, 6.45) is 0.827. The lowest BCUT2D eigenvalue weighted by molar-refractivity contribution is -0.121. The molecule has 0 aliphatic carbocycles. The molecule has 0 heterocycles. The Kier molecular flexibility index (Phi) is 5.13. The Labute approximate surface area is 102 Å². The van der Waals surface area contributed by atoms with Crippen LogP contribution in [0.15, 0.2) is 24.3 Å². The van der Waals surface area contributed by atoms with Crippen LogP contribution in [0.1, 0.15) is 27.2 Å². The Hall–Kier alpha value is -1.38. The molecule has 0 spiro atoms. The second-order valence-corrected chi connectivity index (χ2v) is 4.24. The van der Waals surface area contributed by atoms with Crippen molar-refractivity contribution >= 4 is 11.5 Å². The summed E-state index contributed by atoms with van der Waals surface area (Å²) in [6, 6.07) is 6.58. The zero-order chi connectivity index (χ0) is 12.8. The summed E-state index contributed by atoms with van der Waals surface area (Å²) in [4.78, 5) is 13.6. The number of hydrogen-bond donors (Lipinski definition) is 0. The fourth-order valence-corrected chi connectivity index (χ4v) is 1.65. The van der Waals surface area contributed by atoms with Gasteiger partial charge in [-0.2, -0.15) is 0 Å². The maximum Gasteiger partial charge on any atom is 0.154 e. The van der Waals surface area contributed by atoms with Crippen LogP contribution < -0.4 is 4.90 Å². The van der Waals surface area contributed by atoms with Gasteiger partial charge in [-0.1, -0.05) is 26.0 Å². The second kappa shape index (κ2) is 6.38. The van der Waals surface area contributed by atoms with Crippen LogP contribution in [0.4, 0.5) is 10.1 Å². The van der Waals surface area contributed by atoms with Gasteiger partial charge in [-0.15, -0.1) is 0 Å². The van der Waals surface area contributed by atoms with Crippen molar-refractivity contribution in [3.05, 3.63) is 30.1 Å². The van der Waals surface area contributed by atoms with Gasteiger partial charge in [0.2, 0.25) is 0 Å². The number of para-hydroxylation sites is 1. The van der Waals surface area contributed by atoms with E-state index in [1.807, 2.05) is 20.8 Å². The monoisotopic (exact) mass is 237 g/mol. The molecule has 0 amide bonds. The standard InChI is InChI=1S/C14H20FNO/c1-4-11(3)14(17)10-16(5-2)13-9-7-6-8-12(13)15/h6-9,11H,4-5,10H2,1-3H3. The van der Waals surface area contributed by atoms with Crippen molar-refractivity contribution in [3.63, 3.8) is 0 Å². The van der Waals surface area contributed by atoms with Crippen molar-refractivity contribution in [1.29, 1.82) is 0 Å². The first-order chi connectivity index (χ1) is 8.10. The third-order valence-electron chi connectivity index (χ3n) is 3.08. The van der Waals surface area contributed by atoms with Gasteiger partial charge in [0.15, 0.2) is 5.78 Å². The molecule has 0 fully saturated rings. The summed E-state index contributed by atoms with van der Waals surface area (Å²) >= 11 is 0. The molecule has 0 N–H and O–H groups in total. The van der Waals surface area contributed by atoms with Gasteiger partial charge in [-0.05, 0) is 25.5 Å². The number of hydrogen-bond acceptors (Lipinski definition) is 2. The highest BCUT2D eigenvalue weighted by Crippen LogP contribution is 2.19. The number of rotatable bonds is 6. The summed E-state index contributed by atoms with van der Waals surface area (Å²) in [5, 5.41) is 0. The summed E-state index contributed by atoms with van der Waals surface area (Å²) in [6.45, 7) is 6.74. The van der Waals surface area contributed by atoms with E-state index in [-0.39, 0.29) is 24.1 Å². The molecule has 17 heavy (non-hydrogen) atoms. The normalized spacial score (nSPS) is 12.2. The van der Waals surface area contributed by atoms with Crippen molar-refractivity contribution in [1.82, 2.24) is 0 Å². The van der Waals surface area contributed by atoms with Crippen LogP contribution >= 0.6 is 0 Å². The van der Waals surface area contributed by atoms with Crippen LogP contribution in [0.3, 0.4) is 0 Å². The molecule has 94 valence electrons. The van der Waals surface area contributed by atoms with Gasteiger partial charge < -0.3 is 4.90 Å². The molecule has 3 heteroatoms. The number of Topliss-reactive ketones (excluding diaryl/α,β-unsaturated/α-hetero) is 1. The number of ketones is 1. The first-order valence-corrected chi connectivity index (χ1v) is 6.12. The minimum Gasteiger partial charge on any atom is -0.362 e. The van der Waals surface area contributed by atoms with Crippen molar-refractivity contribution in [2.75, 3.05) is 18.0 Å². The lowest BCUT2D eigenvalue weighted by Gasteiger charge is -2.24. The Morgan fingerprint density at radius 2 is 2.00 bits per heavy atom. The lowest BCUT2D eigenvalue weighted by atomic mass is 10.0. The molecule has 1 unspecified atom stereocenters. The number of carbonyl (C=O) groups excluding carboxylic acids is 1. The Balaban J connectivity index is 2.79. The molecule has 0 aliphatic rings. The lowest BCUT2D eigenvalue weighted by Crippen LogP contribution is -2.32. The van der Waals surface area contributed by atoms with Crippen LogP contribution in [0.25, 0.3) is 0 Å². The molecular weight excluding hydrogens is 217 g/mol. The Bertz CT molecular complexity index is 378. The molecule has 1 atom stereocenters. The summed E-state index contributed by atoms with van der Waals surface area (Å²) in [7, 11) is 0. The average molecular weight is 237 g/mol. The van der Waals surface area contributed by atoms with Crippen LogP contribution in [-0.2, 0) is 4.79 Å². The molecule has 0 bridgehead atoms. The van der Waals surface area contributed by atoms with E-state index in [1.165, 1.54) is 6.07 Å². The minimum atomic E-state index is -0.272. The largest absolute Gasteiger partial charge is 0.362 e. The topological polar surface area (TPSA) is 20.3 Å². The average Bonchev–Trinajstić information content (AvgIpc) is 2.35. The number of carbonyl (C=O) groups is 1. The van der Waals surface area contributed by atoms with Crippen LogP contribution in [0.5, 0.6) is 0 Å². The van der Waals surface area contributed by atoms with E-state index in [4.69, 9.17) is 0 Å². The van der Waals surface area contributed by atoms with Gasteiger partial charge in [-0.25, -0.2) is 4.39 Å². The number of nitrogens with zero attached hydrogens (tertiary/aromatic N) is 1. The van der Waals surface area contributed by atoms with Crippen LogP contribution in [0.2, 0.25) is 0 Å². The SMILES string of the molecule is CCC(C)C(=O)CN(CC)c1ccccc1F. The molecule has 0 aromatic heterocycles. The first kappa shape index (κ1) is 13.7. The van der Waals surface area contributed by atoms with Crippen molar-refractivity contribution in [2.24, 2.45) is 5.92 Å². The van der Waals surface area contributed by atoms with Crippen molar-refractivity contribution < 1.29 is 9.18 Å². The number of benzene rings is 1. The predicted octanol–water partition coefficient (Wildman–Crippen LogP) is 3.27. The predicted molar refractivity (Wildman–Crippen MR) is 68.7 cm³/mol. The van der Waals surface area contributed by atoms with E-state index < -0.39 is 0 Å². The quantitative estimate of drug-likeness (QED) is 0.757. The summed E-state index contributed by atoms with van der Waals surface area (Å²) in [5.41, 5.74) is 0.506. The molecule has 1 aromatic carbocycles. The zero-order valence-electron chi connectivity index (χ0n) is 10.7. The number of anilines is 1. The van der Waals surface area contributed by atoms with E-state index in [0.717, 1.165) is 6.42 Å². The van der Waals surface area contributed by atoms with Crippen molar-refractivity contribution in [3.8, 4) is 0 Å². The molecule has 1 rings (SSSR count). The Morgan fingerprint density at radius 3 is 2.53 bits per heavy atom. The highest BCUT2D eigenvalue weighted by molar-refractivity contribution is 5.85. The molecule has 0 saturated heterocycles. The molecule has 0 aliphatic heterocycles. The third-order valence-corrected chi connectivity index (χ3v) is 3.08. The number of likely N-dealkylation sites (N-methyl/N-ethyl adjacent to an activating group) is 1. The van der Waals surface area contributed by atoms with E-state index in [9.17, 15) is 9.18 Å². The van der Waals surface area contributed by atoms with Gasteiger partial charge in [-0.3, -0.25) is 4.79 Å².